The van der Waals surface area contributed by atoms with Gasteiger partial charge in [0, 0.05) is 25.6 Å². The van der Waals surface area contributed by atoms with E-state index in [2.05, 4.69) is 10.6 Å². The third kappa shape index (κ3) is 5.88. The monoisotopic (exact) mass is 291 g/mol. The van der Waals surface area contributed by atoms with Crippen molar-refractivity contribution in [1.29, 1.82) is 0 Å². The summed E-state index contributed by atoms with van der Waals surface area (Å²) in [5.74, 6) is 0.211. The van der Waals surface area contributed by atoms with Crippen molar-refractivity contribution in [3.05, 3.63) is 0 Å². The van der Waals surface area contributed by atoms with Gasteiger partial charge in [-0.3, -0.25) is 4.79 Å². The van der Waals surface area contributed by atoms with Gasteiger partial charge in [0.1, 0.15) is 0 Å². The van der Waals surface area contributed by atoms with Crippen LogP contribution in [0.25, 0.3) is 0 Å². The molecule has 0 aromatic heterocycles. The summed E-state index contributed by atoms with van der Waals surface area (Å²) in [6, 6.07) is 0. The molecule has 0 bridgehead atoms. The minimum atomic E-state index is -3.12. The van der Waals surface area contributed by atoms with E-state index >= 15 is 0 Å². The quantitative estimate of drug-likeness (QED) is 0.635. The second kappa shape index (κ2) is 7.81. The lowest BCUT2D eigenvalue weighted by Gasteiger charge is -2.22. The Kier molecular flexibility index (Phi) is 6.74. The van der Waals surface area contributed by atoms with Crippen LogP contribution in [0.2, 0.25) is 0 Å². The molecule has 0 unspecified atom stereocenters. The lowest BCUT2D eigenvalue weighted by atomic mass is 9.97. The van der Waals surface area contributed by atoms with Crippen molar-refractivity contribution in [2.45, 2.75) is 26.2 Å². The maximum atomic E-state index is 11.8. The first kappa shape index (κ1) is 16.4. The van der Waals surface area contributed by atoms with E-state index in [0.29, 0.717) is 26.1 Å². The van der Waals surface area contributed by atoms with Crippen molar-refractivity contribution in [1.82, 2.24) is 14.9 Å². The van der Waals surface area contributed by atoms with E-state index in [4.69, 9.17) is 0 Å². The molecule has 2 N–H and O–H groups in total. The smallest absolute Gasteiger partial charge is 0.223 e. The molecular formula is C12H25N3O3S. The van der Waals surface area contributed by atoms with E-state index in [0.717, 1.165) is 25.9 Å². The Balaban J connectivity index is 2.21. The van der Waals surface area contributed by atoms with Gasteiger partial charge in [0.25, 0.3) is 0 Å². The Morgan fingerprint density at radius 3 is 2.53 bits per heavy atom. The van der Waals surface area contributed by atoms with Gasteiger partial charge in [-0.25, -0.2) is 12.7 Å². The molecule has 1 rings (SSSR count). The molecule has 6 nitrogen and oxygen atoms in total. The third-order valence-electron chi connectivity index (χ3n) is 3.42. The average Bonchev–Trinajstić information content (AvgIpc) is 2.38. The fraction of sp³-hybridized carbons (Fsp3) is 0.917. The first-order valence-electron chi connectivity index (χ1n) is 6.88. The van der Waals surface area contributed by atoms with Crippen molar-refractivity contribution in [2.24, 2.45) is 5.92 Å². The number of hydrogen-bond acceptors (Lipinski definition) is 4. The van der Waals surface area contributed by atoms with Gasteiger partial charge in [0.15, 0.2) is 0 Å². The Labute approximate surface area is 116 Å². The fourth-order valence-corrected chi connectivity index (χ4v) is 3.18. The van der Waals surface area contributed by atoms with Crippen LogP contribution in [0.4, 0.5) is 0 Å². The van der Waals surface area contributed by atoms with Crippen molar-refractivity contribution in [3.63, 3.8) is 0 Å². The zero-order valence-corrected chi connectivity index (χ0v) is 12.6. The number of rotatable bonds is 7. The minimum Gasteiger partial charge on any atom is -0.356 e. The summed E-state index contributed by atoms with van der Waals surface area (Å²) in [4.78, 5) is 11.8. The molecule has 1 aliphatic rings. The van der Waals surface area contributed by atoms with Gasteiger partial charge in [-0.15, -0.1) is 0 Å². The van der Waals surface area contributed by atoms with Crippen LogP contribution in [0.15, 0.2) is 0 Å². The molecule has 0 spiro atoms. The van der Waals surface area contributed by atoms with Gasteiger partial charge in [-0.2, -0.15) is 0 Å². The molecule has 19 heavy (non-hydrogen) atoms. The SMILES string of the molecule is CCN(CCCNC(=O)C1CCNCC1)S(C)(=O)=O. The molecule has 0 radical (unpaired) electrons. The Bertz CT molecular complexity index is 378. The number of piperidine rings is 1. The van der Waals surface area contributed by atoms with E-state index in [1.165, 1.54) is 10.6 Å². The predicted octanol–water partition coefficient (Wildman–Crippen LogP) is -0.226. The van der Waals surface area contributed by atoms with Crippen molar-refractivity contribution < 1.29 is 13.2 Å². The molecule has 7 heteroatoms. The Morgan fingerprint density at radius 1 is 1.37 bits per heavy atom. The summed E-state index contributed by atoms with van der Waals surface area (Å²) in [6.07, 6.45) is 3.63. The first-order valence-corrected chi connectivity index (χ1v) is 8.73. The number of sulfonamides is 1. The fourth-order valence-electron chi connectivity index (χ4n) is 2.25. The molecule has 0 aromatic rings. The highest BCUT2D eigenvalue weighted by Crippen LogP contribution is 2.11. The highest BCUT2D eigenvalue weighted by atomic mass is 32.2. The predicted molar refractivity (Wildman–Crippen MR) is 75.3 cm³/mol. The molecule has 1 fully saturated rings. The zero-order chi connectivity index (χ0) is 14.3. The highest BCUT2D eigenvalue weighted by molar-refractivity contribution is 7.88. The average molecular weight is 291 g/mol. The van der Waals surface area contributed by atoms with Gasteiger partial charge in [0.05, 0.1) is 6.26 Å². The molecule has 0 aliphatic carbocycles. The van der Waals surface area contributed by atoms with Crippen LogP contribution in [0.5, 0.6) is 0 Å². The summed E-state index contributed by atoms with van der Waals surface area (Å²) < 4.78 is 24.2. The molecule has 1 saturated heterocycles. The Morgan fingerprint density at radius 2 is 2.00 bits per heavy atom. The van der Waals surface area contributed by atoms with Gasteiger partial charge in [-0.1, -0.05) is 6.92 Å². The normalized spacial score (nSPS) is 17.6. The van der Waals surface area contributed by atoms with Crippen LogP contribution in [-0.2, 0) is 14.8 Å². The Hall–Kier alpha value is -0.660. The van der Waals surface area contributed by atoms with Gasteiger partial charge in [0.2, 0.25) is 15.9 Å². The van der Waals surface area contributed by atoms with Crippen LogP contribution in [-0.4, -0.2) is 57.6 Å². The summed E-state index contributed by atoms with van der Waals surface area (Å²) in [5, 5.41) is 6.12. The maximum Gasteiger partial charge on any atom is 0.223 e. The lowest BCUT2D eigenvalue weighted by Crippen LogP contribution is -2.39. The third-order valence-corrected chi connectivity index (χ3v) is 4.79. The van der Waals surface area contributed by atoms with E-state index in [9.17, 15) is 13.2 Å². The second-order valence-electron chi connectivity index (χ2n) is 4.92. The van der Waals surface area contributed by atoms with Crippen LogP contribution in [0.1, 0.15) is 26.2 Å². The molecule has 0 aromatic carbocycles. The first-order chi connectivity index (χ1) is 8.95. The molecule has 1 amide bonds. The summed E-state index contributed by atoms with van der Waals surface area (Å²) in [6.45, 7) is 5.08. The molecular weight excluding hydrogens is 266 g/mol. The second-order valence-corrected chi connectivity index (χ2v) is 6.91. The molecule has 1 aliphatic heterocycles. The summed E-state index contributed by atoms with van der Waals surface area (Å²) >= 11 is 0. The topological polar surface area (TPSA) is 78.5 Å². The largest absolute Gasteiger partial charge is 0.356 e. The van der Waals surface area contributed by atoms with E-state index in [1.807, 2.05) is 6.92 Å². The van der Waals surface area contributed by atoms with E-state index < -0.39 is 10.0 Å². The van der Waals surface area contributed by atoms with Crippen molar-refractivity contribution >= 4 is 15.9 Å². The zero-order valence-electron chi connectivity index (χ0n) is 11.8. The molecule has 112 valence electrons. The van der Waals surface area contributed by atoms with Crippen LogP contribution >= 0.6 is 0 Å². The number of amides is 1. The molecule has 0 atom stereocenters. The van der Waals surface area contributed by atoms with Gasteiger partial charge in [-0.05, 0) is 32.4 Å². The number of nitrogens with one attached hydrogen (secondary N) is 2. The van der Waals surface area contributed by atoms with Crippen LogP contribution in [0, 0.1) is 5.92 Å². The standard InChI is InChI=1S/C12H25N3O3S/c1-3-15(19(2,17)18)10-4-7-14-12(16)11-5-8-13-9-6-11/h11,13H,3-10H2,1-2H3,(H,14,16). The van der Waals surface area contributed by atoms with Gasteiger partial charge >= 0.3 is 0 Å². The number of nitrogens with zero attached hydrogens (tertiary/aromatic N) is 1. The lowest BCUT2D eigenvalue weighted by molar-refractivity contribution is -0.125. The van der Waals surface area contributed by atoms with E-state index in [-0.39, 0.29) is 11.8 Å². The van der Waals surface area contributed by atoms with Crippen LogP contribution < -0.4 is 10.6 Å². The van der Waals surface area contributed by atoms with Crippen molar-refractivity contribution in [2.75, 3.05) is 39.0 Å². The number of carbonyl (C=O) groups is 1. The number of carbonyl (C=O) groups excluding carboxylic acids is 1. The van der Waals surface area contributed by atoms with Gasteiger partial charge < -0.3 is 10.6 Å². The summed E-state index contributed by atoms with van der Waals surface area (Å²) in [5.41, 5.74) is 0. The molecule has 1 heterocycles. The maximum absolute atomic E-state index is 11.8. The van der Waals surface area contributed by atoms with E-state index in [1.54, 1.807) is 0 Å². The summed E-state index contributed by atoms with van der Waals surface area (Å²) in [7, 11) is -3.12. The highest BCUT2D eigenvalue weighted by Gasteiger charge is 2.20. The number of hydrogen-bond donors (Lipinski definition) is 2. The minimum absolute atomic E-state index is 0.101. The molecule has 0 saturated carbocycles. The van der Waals surface area contributed by atoms with Crippen molar-refractivity contribution in [3.8, 4) is 0 Å². The van der Waals surface area contributed by atoms with Crippen LogP contribution in [0.3, 0.4) is 0 Å².